The van der Waals surface area contributed by atoms with Gasteiger partial charge in [-0.1, -0.05) is 24.2 Å². The highest BCUT2D eigenvalue weighted by atomic mass is 32.1. The number of hydrogen-bond donors (Lipinski definition) is 1. The summed E-state index contributed by atoms with van der Waals surface area (Å²) in [6.07, 6.45) is 5.25. The number of carbonyl (C=O) groups excluding carboxylic acids is 2. The van der Waals surface area contributed by atoms with Gasteiger partial charge in [-0.3, -0.25) is 9.59 Å². The van der Waals surface area contributed by atoms with Crippen molar-refractivity contribution in [3.8, 4) is 0 Å². The van der Waals surface area contributed by atoms with Crippen LogP contribution in [-0.4, -0.2) is 28.2 Å². The van der Waals surface area contributed by atoms with Crippen LogP contribution in [0.2, 0.25) is 0 Å². The quantitative estimate of drug-likeness (QED) is 0.909. The van der Waals surface area contributed by atoms with E-state index in [2.05, 4.69) is 10.3 Å². The van der Waals surface area contributed by atoms with E-state index in [9.17, 15) is 9.59 Å². The molecule has 0 aromatic carbocycles. The molecular weight excluding hydrogens is 274 g/mol. The molecule has 1 N–H and O–H groups in total. The number of carbonyl (C=O) groups is 2. The summed E-state index contributed by atoms with van der Waals surface area (Å²) in [7, 11) is 0. The highest BCUT2D eigenvalue weighted by Gasteiger charge is 2.30. The third-order valence-corrected chi connectivity index (χ3v) is 5.03. The number of thiazole rings is 1. The average Bonchev–Trinajstić information content (AvgIpc) is 3.04. The molecule has 2 heterocycles. The summed E-state index contributed by atoms with van der Waals surface area (Å²) in [5, 5.41) is 3.38. The molecule has 108 valence electrons. The molecule has 0 spiro atoms. The highest BCUT2D eigenvalue weighted by molar-refractivity contribution is 7.15. The van der Waals surface area contributed by atoms with Crippen LogP contribution in [0.25, 0.3) is 0 Å². The summed E-state index contributed by atoms with van der Waals surface area (Å²) in [4.78, 5) is 31.0. The molecule has 5 nitrogen and oxygen atoms in total. The van der Waals surface area contributed by atoms with Crippen molar-refractivity contribution >= 4 is 28.3 Å². The van der Waals surface area contributed by atoms with Gasteiger partial charge >= 0.3 is 0 Å². The summed E-state index contributed by atoms with van der Waals surface area (Å²) < 4.78 is 0. The van der Waals surface area contributed by atoms with Crippen LogP contribution >= 0.6 is 11.3 Å². The molecular formula is C14H19N3O2S. The molecule has 0 bridgehead atoms. The van der Waals surface area contributed by atoms with Crippen LogP contribution in [0, 0.1) is 5.92 Å². The van der Waals surface area contributed by atoms with Crippen LogP contribution < -0.4 is 5.32 Å². The van der Waals surface area contributed by atoms with E-state index in [0.29, 0.717) is 17.6 Å². The maximum atomic E-state index is 12.4. The molecule has 1 aromatic rings. The number of nitrogens with one attached hydrogen (secondary N) is 1. The van der Waals surface area contributed by atoms with E-state index >= 15 is 0 Å². The molecule has 1 aromatic heterocycles. The first-order chi connectivity index (χ1) is 9.63. The number of nitrogens with zero attached hydrogens (tertiary/aromatic N) is 2. The Kier molecular flexibility index (Phi) is 3.74. The van der Waals surface area contributed by atoms with Crippen LogP contribution in [-0.2, 0) is 22.6 Å². The van der Waals surface area contributed by atoms with Crippen LogP contribution in [0.5, 0.6) is 0 Å². The van der Waals surface area contributed by atoms with Gasteiger partial charge in [0.25, 0.3) is 0 Å². The van der Waals surface area contributed by atoms with Crippen molar-refractivity contribution in [3.63, 3.8) is 0 Å². The van der Waals surface area contributed by atoms with Gasteiger partial charge in [-0.2, -0.15) is 0 Å². The molecule has 0 radical (unpaired) electrons. The molecule has 6 heteroatoms. The van der Waals surface area contributed by atoms with Gasteiger partial charge in [0.05, 0.1) is 12.2 Å². The number of aromatic nitrogens is 1. The number of rotatable bonds is 2. The second-order valence-electron chi connectivity index (χ2n) is 5.56. The molecule has 1 fully saturated rings. The molecule has 0 unspecified atom stereocenters. The SMILES string of the molecule is CC(=O)Nc1nc2c(s1)CN(C(=O)C1CCCC1)CC2. The van der Waals surface area contributed by atoms with Crippen molar-refractivity contribution < 1.29 is 9.59 Å². The first-order valence-electron chi connectivity index (χ1n) is 7.18. The highest BCUT2D eigenvalue weighted by Crippen LogP contribution is 2.31. The first kappa shape index (κ1) is 13.5. The Morgan fingerprint density at radius 1 is 1.35 bits per heavy atom. The minimum Gasteiger partial charge on any atom is -0.337 e. The minimum atomic E-state index is -0.102. The van der Waals surface area contributed by atoms with Gasteiger partial charge in [0.2, 0.25) is 11.8 Å². The topological polar surface area (TPSA) is 62.3 Å². The second-order valence-corrected chi connectivity index (χ2v) is 6.64. The molecule has 2 aliphatic rings. The second kappa shape index (κ2) is 5.52. The predicted molar refractivity (Wildman–Crippen MR) is 77.5 cm³/mol. The smallest absolute Gasteiger partial charge is 0.226 e. The standard InChI is InChI=1S/C14H19N3O2S/c1-9(18)15-14-16-11-6-7-17(8-12(11)20-14)13(19)10-4-2-3-5-10/h10H,2-8H2,1H3,(H,15,16,18). The van der Waals surface area contributed by atoms with Crippen LogP contribution in [0.4, 0.5) is 5.13 Å². The predicted octanol–water partition coefficient (Wildman–Crippen LogP) is 2.18. The Morgan fingerprint density at radius 2 is 2.10 bits per heavy atom. The van der Waals surface area contributed by atoms with Crippen LogP contribution in [0.15, 0.2) is 0 Å². The van der Waals surface area contributed by atoms with Gasteiger partial charge in [-0.15, -0.1) is 0 Å². The van der Waals surface area contributed by atoms with Crippen LogP contribution in [0.1, 0.15) is 43.2 Å². The average molecular weight is 293 g/mol. The molecule has 2 amide bonds. The first-order valence-corrected chi connectivity index (χ1v) is 8.00. The number of fused-ring (bicyclic) bond motifs is 1. The zero-order valence-corrected chi connectivity index (χ0v) is 12.5. The Bertz CT molecular complexity index is 535. The van der Waals surface area contributed by atoms with Gasteiger partial charge in [0, 0.05) is 30.7 Å². The zero-order valence-electron chi connectivity index (χ0n) is 11.6. The summed E-state index contributed by atoms with van der Waals surface area (Å²) in [5.41, 5.74) is 1.04. The van der Waals surface area contributed by atoms with Crippen molar-refractivity contribution in [2.24, 2.45) is 5.92 Å². The van der Waals surface area contributed by atoms with Gasteiger partial charge in [-0.25, -0.2) is 4.98 Å². The Morgan fingerprint density at radius 3 is 2.80 bits per heavy atom. The Labute approximate surface area is 122 Å². The molecule has 3 rings (SSSR count). The fourth-order valence-corrected chi connectivity index (χ4v) is 4.09. The lowest BCUT2D eigenvalue weighted by atomic mass is 10.0. The van der Waals surface area contributed by atoms with Crippen molar-refractivity contribution in [2.45, 2.75) is 45.6 Å². The van der Waals surface area contributed by atoms with E-state index in [-0.39, 0.29) is 11.8 Å². The van der Waals surface area contributed by atoms with Gasteiger partial charge < -0.3 is 10.2 Å². The minimum absolute atomic E-state index is 0.102. The van der Waals surface area contributed by atoms with E-state index < -0.39 is 0 Å². The molecule has 1 aliphatic heterocycles. The van der Waals surface area contributed by atoms with Crippen molar-refractivity contribution in [2.75, 3.05) is 11.9 Å². The molecule has 20 heavy (non-hydrogen) atoms. The molecule has 1 saturated carbocycles. The van der Waals surface area contributed by atoms with E-state index in [0.717, 1.165) is 36.4 Å². The lowest BCUT2D eigenvalue weighted by molar-refractivity contribution is -0.136. The third kappa shape index (κ3) is 2.70. The fraction of sp³-hybridized carbons (Fsp3) is 0.643. The maximum absolute atomic E-state index is 12.4. The Balaban J connectivity index is 1.69. The van der Waals surface area contributed by atoms with Gasteiger partial charge in [0.15, 0.2) is 5.13 Å². The fourth-order valence-electron chi connectivity index (χ4n) is 3.02. The largest absolute Gasteiger partial charge is 0.337 e. The molecule has 1 aliphatic carbocycles. The summed E-state index contributed by atoms with van der Waals surface area (Å²) in [5.74, 6) is 0.442. The van der Waals surface area contributed by atoms with E-state index in [1.165, 1.54) is 31.1 Å². The normalized spacial score (nSPS) is 18.9. The maximum Gasteiger partial charge on any atom is 0.226 e. The zero-order chi connectivity index (χ0) is 14.1. The van der Waals surface area contributed by atoms with Gasteiger partial charge in [-0.05, 0) is 12.8 Å². The van der Waals surface area contributed by atoms with Gasteiger partial charge in [0.1, 0.15) is 0 Å². The van der Waals surface area contributed by atoms with E-state index in [4.69, 9.17) is 0 Å². The Hall–Kier alpha value is -1.43. The van der Waals surface area contributed by atoms with Crippen molar-refractivity contribution in [1.82, 2.24) is 9.88 Å². The van der Waals surface area contributed by atoms with Crippen LogP contribution in [0.3, 0.4) is 0 Å². The molecule has 0 atom stereocenters. The van der Waals surface area contributed by atoms with E-state index in [1.54, 1.807) is 0 Å². The number of anilines is 1. The summed E-state index contributed by atoms with van der Waals surface area (Å²) in [6.45, 7) is 2.89. The monoisotopic (exact) mass is 293 g/mol. The summed E-state index contributed by atoms with van der Waals surface area (Å²) in [6, 6.07) is 0. The van der Waals surface area contributed by atoms with E-state index in [1.807, 2.05) is 4.90 Å². The lowest BCUT2D eigenvalue weighted by Gasteiger charge is -2.28. The molecule has 0 saturated heterocycles. The van der Waals surface area contributed by atoms with Crippen molar-refractivity contribution in [1.29, 1.82) is 0 Å². The summed E-state index contributed by atoms with van der Waals surface area (Å²) >= 11 is 1.49. The number of hydrogen-bond acceptors (Lipinski definition) is 4. The lowest BCUT2D eigenvalue weighted by Crippen LogP contribution is -2.38. The van der Waals surface area contributed by atoms with Crippen molar-refractivity contribution in [3.05, 3.63) is 10.6 Å². The third-order valence-electron chi connectivity index (χ3n) is 4.03. The number of amides is 2.